The van der Waals surface area contributed by atoms with Crippen LogP contribution in [0.25, 0.3) is 5.76 Å². The van der Waals surface area contributed by atoms with Crippen molar-refractivity contribution < 1.29 is 24.0 Å². The molecule has 4 rings (SSSR count). The van der Waals surface area contributed by atoms with Gasteiger partial charge < -0.3 is 10.0 Å². The summed E-state index contributed by atoms with van der Waals surface area (Å²) in [6, 6.07) is 18.3. The van der Waals surface area contributed by atoms with Crippen molar-refractivity contribution in [1.29, 1.82) is 0 Å². The molecule has 8 heteroatoms. The third-order valence-corrected chi connectivity index (χ3v) is 5.25. The molecule has 1 N–H and O–H groups in total. The highest BCUT2D eigenvalue weighted by atomic mass is 19.1. The number of amides is 1. The van der Waals surface area contributed by atoms with Crippen molar-refractivity contribution in [1.82, 2.24) is 4.90 Å². The van der Waals surface area contributed by atoms with Crippen LogP contribution in [0.15, 0.2) is 84.4 Å². The van der Waals surface area contributed by atoms with Gasteiger partial charge in [-0.1, -0.05) is 42.5 Å². The van der Waals surface area contributed by atoms with E-state index < -0.39 is 34.2 Å². The van der Waals surface area contributed by atoms with Gasteiger partial charge in [-0.15, -0.1) is 0 Å². The van der Waals surface area contributed by atoms with Crippen LogP contribution in [-0.2, 0) is 16.1 Å². The van der Waals surface area contributed by atoms with Crippen molar-refractivity contribution >= 4 is 23.1 Å². The Morgan fingerprint density at radius 2 is 1.69 bits per heavy atom. The van der Waals surface area contributed by atoms with Gasteiger partial charge in [0.15, 0.2) is 0 Å². The van der Waals surface area contributed by atoms with Gasteiger partial charge in [-0.3, -0.25) is 19.7 Å². The molecule has 32 heavy (non-hydrogen) atoms. The van der Waals surface area contributed by atoms with Gasteiger partial charge in [0, 0.05) is 24.2 Å². The first-order valence-corrected chi connectivity index (χ1v) is 9.69. The number of nitrogens with zero attached hydrogens (tertiary/aromatic N) is 2. The maximum atomic E-state index is 13.3. The molecular weight excluding hydrogens is 415 g/mol. The number of Topliss-reactive ketones (excluding diaryl/α,β-unsaturated/α-hetero) is 1. The average molecular weight is 432 g/mol. The van der Waals surface area contributed by atoms with Crippen molar-refractivity contribution in [3.8, 4) is 0 Å². The Morgan fingerprint density at radius 3 is 2.34 bits per heavy atom. The van der Waals surface area contributed by atoms with Gasteiger partial charge in [0.2, 0.25) is 0 Å². The Balaban J connectivity index is 1.89. The number of aliphatic hydroxyl groups excluding tert-OH is 1. The van der Waals surface area contributed by atoms with E-state index in [2.05, 4.69) is 0 Å². The van der Waals surface area contributed by atoms with E-state index in [1.807, 2.05) is 6.07 Å². The number of benzene rings is 3. The molecule has 0 aromatic heterocycles. The van der Waals surface area contributed by atoms with Crippen LogP contribution in [0, 0.1) is 15.9 Å². The van der Waals surface area contributed by atoms with Crippen molar-refractivity contribution in [2.24, 2.45) is 0 Å². The molecule has 0 saturated carbocycles. The van der Waals surface area contributed by atoms with Crippen LogP contribution in [0.3, 0.4) is 0 Å². The highest BCUT2D eigenvalue weighted by Crippen LogP contribution is 2.41. The maximum Gasteiger partial charge on any atom is 0.295 e. The van der Waals surface area contributed by atoms with Crippen LogP contribution in [-0.4, -0.2) is 26.6 Å². The van der Waals surface area contributed by atoms with Gasteiger partial charge in [0.1, 0.15) is 11.6 Å². The zero-order valence-corrected chi connectivity index (χ0v) is 16.6. The number of carbonyl (C=O) groups is 2. The summed E-state index contributed by atoms with van der Waals surface area (Å²) in [7, 11) is 0. The van der Waals surface area contributed by atoms with Gasteiger partial charge in [-0.25, -0.2) is 4.39 Å². The van der Waals surface area contributed by atoms with Gasteiger partial charge in [-0.05, 0) is 35.4 Å². The fourth-order valence-electron chi connectivity index (χ4n) is 3.74. The van der Waals surface area contributed by atoms with E-state index in [-0.39, 0.29) is 23.4 Å². The van der Waals surface area contributed by atoms with E-state index >= 15 is 0 Å². The number of nitro groups is 1. The molecule has 0 bridgehead atoms. The number of likely N-dealkylation sites (tertiary alicyclic amines) is 1. The molecule has 0 aliphatic carbocycles. The Bertz CT molecular complexity index is 1240. The van der Waals surface area contributed by atoms with Crippen LogP contribution in [0.2, 0.25) is 0 Å². The number of halogens is 1. The first-order valence-electron chi connectivity index (χ1n) is 9.69. The van der Waals surface area contributed by atoms with E-state index in [1.54, 1.807) is 30.3 Å². The van der Waals surface area contributed by atoms with E-state index in [4.69, 9.17) is 0 Å². The quantitative estimate of drug-likeness (QED) is 0.212. The molecule has 0 spiro atoms. The molecule has 3 aromatic rings. The summed E-state index contributed by atoms with van der Waals surface area (Å²) >= 11 is 0. The maximum absolute atomic E-state index is 13.3. The summed E-state index contributed by atoms with van der Waals surface area (Å²) in [6.07, 6.45) is 0. The fraction of sp³-hybridized carbons (Fsp3) is 0.0833. The molecular formula is C24H17FN2O5. The van der Waals surface area contributed by atoms with Gasteiger partial charge in [0.05, 0.1) is 16.5 Å². The number of non-ortho nitro benzene ring substituents is 1. The molecule has 1 unspecified atom stereocenters. The van der Waals surface area contributed by atoms with Crippen LogP contribution in [0.5, 0.6) is 0 Å². The molecule has 1 fully saturated rings. The van der Waals surface area contributed by atoms with E-state index in [9.17, 15) is 29.2 Å². The van der Waals surface area contributed by atoms with Crippen LogP contribution in [0.4, 0.5) is 10.1 Å². The van der Waals surface area contributed by atoms with Crippen molar-refractivity contribution in [2.75, 3.05) is 0 Å². The monoisotopic (exact) mass is 432 g/mol. The number of hydrogen-bond acceptors (Lipinski definition) is 5. The lowest BCUT2D eigenvalue weighted by molar-refractivity contribution is -0.384. The van der Waals surface area contributed by atoms with Crippen molar-refractivity contribution in [2.45, 2.75) is 12.6 Å². The number of ketones is 1. The van der Waals surface area contributed by atoms with Gasteiger partial charge >= 0.3 is 0 Å². The van der Waals surface area contributed by atoms with Gasteiger partial charge in [-0.2, -0.15) is 0 Å². The lowest BCUT2D eigenvalue weighted by atomic mass is 9.95. The summed E-state index contributed by atoms with van der Waals surface area (Å²) in [4.78, 5) is 37.9. The number of carbonyl (C=O) groups excluding carboxylic acids is 2. The molecule has 1 heterocycles. The summed E-state index contributed by atoms with van der Waals surface area (Å²) in [5, 5.41) is 22.2. The lowest BCUT2D eigenvalue weighted by Crippen LogP contribution is -2.29. The zero-order valence-electron chi connectivity index (χ0n) is 16.6. The molecule has 160 valence electrons. The molecule has 0 radical (unpaired) electrons. The van der Waals surface area contributed by atoms with Crippen LogP contribution < -0.4 is 0 Å². The summed E-state index contributed by atoms with van der Waals surface area (Å²) in [5.41, 5.74) is 0.775. The van der Waals surface area contributed by atoms with Crippen molar-refractivity contribution in [3.05, 3.63) is 117 Å². The summed E-state index contributed by atoms with van der Waals surface area (Å²) < 4.78 is 13.3. The summed E-state index contributed by atoms with van der Waals surface area (Å²) in [5.74, 6) is -2.76. The molecule has 1 amide bonds. The number of aliphatic hydroxyl groups is 1. The smallest absolute Gasteiger partial charge is 0.295 e. The van der Waals surface area contributed by atoms with Crippen LogP contribution in [0.1, 0.15) is 22.7 Å². The minimum absolute atomic E-state index is 0.0545. The Kier molecular flexibility index (Phi) is 5.51. The largest absolute Gasteiger partial charge is 0.507 e. The molecule has 1 atom stereocenters. The van der Waals surface area contributed by atoms with E-state index in [1.165, 1.54) is 35.2 Å². The highest BCUT2D eigenvalue weighted by molar-refractivity contribution is 6.46. The minimum atomic E-state index is -1.06. The van der Waals surface area contributed by atoms with E-state index in [0.29, 0.717) is 5.56 Å². The SMILES string of the molecule is O=C1C(=O)N(Cc2ccccc2)C(c2cccc([N+](=O)[O-])c2)/C1=C(\O)c1ccc(F)cc1. The zero-order chi connectivity index (χ0) is 22.8. The third-order valence-electron chi connectivity index (χ3n) is 5.25. The topological polar surface area (TPSA) is 101 Å². The highest BCUT2D eigenvalue weighted by Gasteiger charge is 2.46. The second-order valence-corrected chi connectivity index (χ2v) is 7.27. The van der Waals surface area contributed by atoms with Crippen molar-refractivity contribution in [3.63, 3.8) is 0 Å². The first kappa shape index (κ1) is 20.9. The third kappa shape index (κ3) is 3.85. The van der Waals surface area contributed by atoms with Crippen LogP contribution >= 0.6 is 0 Å². The Labute approximate surface area is 182 Å². The molecule has 7 nitrogen and oxygen atoms in total. The standard InChI is InChI=1S/C24H17FN2O5/c25-18-11-9-16(10-12-18)22(28)20-21(17-7-4-8-19(13-17)27(31)32)26(24(30)23(20)29)14-15-5-2-1-3-6-15/h1-13,21,28H,14H2/b22-20+. The predicted molar refractivity (Wildman–Crippen MR) is 114 cm³/mol. The first-order chi connectivity index (χ1) is 15.4. The summed E-state index contributed by atoms with van der Waals surface area (Å²) in [6.45, 7) is 0.0545. The molecule has 1 aliphatic rings. The molecule has 1 aliphatic heterocycles. The minimum Gasteiger partial charge on any atom is -0.507 e. The number of nitro benzene ring substituents is 1. The molecule has 3 aromatic carbocycles. The second-order valence-electron chi connectivity index (χ2n) is 7.27. The number of hydrogen-bond donors (Lipinski definition) is 1. The van der Waals surface area contributed by atoms with Gasteiger partial charge in [0.25, 0.3) is 17.4 Å². The predicted octanol–water partition coefficient (Wildman–Crippen LogP) is 4.36. The fourth-order valence-corrected chi connectivity index (χ4v) is 3.74. The lowest BCUT2D eigenvalue weighted by Gasteiger charge is -2.25. The molecule has 1 saturated heterocycles. The second kappa shape index (κ2) is 8.43. The number of rotatable bonds is 5. The average Bonchev–Trinajstić information content (AvgIpc) is 3.05. The Hall–Kier alpha value is -4.33. The Morgan fingerprint density at radius 1 is 1.00 bits per heavy atom. The van der Waals surface area contributed by atoms with E-state index in [0.717, 1.165) is 17.7 Å². The normalized spacial score (nSPS) is 17.5.